The standard InChI is InChI=1S/C36H44O8/c1-9-39-31(37)19-21-35(7)27-15-11-23(41-27)33(3,4)25-13-17-29(43-25)36(8,22-20-32(38)40-10-2)30-18-14-26(44-30)34(5,6)24-12-16-28(35)42-24/h11-18H,9-10,19-22H2,1-8H3. The van der Waals surface area contributed by atoms with Gasteiger partial charge in [-0.25, -0.2) is 0 Å². The maximum absolute atomic E-state index is 12.5. The fourth-order valence-corrected chi connectivity index (χ4v) is 6.03. The molecule has 0 aromatic carbocycles. The third-order valence-corrected chi connectivity index (χ3v) is 9.33. The summed E-state index contributed by atoms with van der Waals surface area (Å²) in [5.41, 5.74) is -2.77. The lowest BCUT2D eigenvalue weighted by Crippen LogP contribution is -2.26. The Morgan fingerprint density at radius 1 is 0.500 bits per heavy atom. The lowest BCUT2D eigenvalue weighted by Gasteiger charge is -2.28. The smallest absolute Gasteiger partial charge is 0.305 e. The largest absolute Gasteiger partial charge is 0.466 e. The van der Waals surface area contributed by atoms with E-state index in [-0.39, 0.29) is 24.8 Å². The van der Waals surface area contributed by atoms with Crippen LogP contribution in [-0.2, 0) is 40.7 Å². The summed E-state index contributed by atoms with van der Waals surface area (Å²) < 4.78 is 37.0. The van der Waals surface area contributed by atoms with Crippen LogP contribution in [0.2, 0.25) is 0 Å². The van der Waals surface area contributed by atoms with Crippen molar-refractivity contribution >= 4 is 11.9 Å². The molecule has 4 aromatic heterocycles. The zero-order valence-electron chi connectivity index (χ0n) is 27.1. The molecular formula is C36H44O8. The Morgan fingerprint density at radius 2 is 0.750 bits per heavy atom. The van der Waals surface area contributed by atoms with Crippen LogP contribution in [0.5, 0.6) is 0 Å². The monoisotopic (exact) mass is 604 g/mol. The molecule has 0 amide bonds. The van der Waals surface area contributed by atoms with E-state index in [4.69, 9.17) is 27.1 Å². The predicted molar refractivity (Wildman–Crippen MR) is 164 cm³/mol. The summed E-state index contributed by atoms with van der Waals surface area (Å²) in [6, 6.07) is 15.7. The zero-order chi connectivity index (χ0) is 31.9. The van der Waals surface area contributed by atoms with Gasteiger partial charge in [0.25, 0.3) is 0 Å². The molecule has 0 spiro atoms. The topological polar surface area (TPSA) is 105 Å². The molecule has 1 aliphatic heterocycles. The Kier molecular flexibility index (Phi) is 8.25. The van der Waals surface area contributed by atoms with Crippen molar-refractivity contribution in [1.29, 1.82) is 0 Å². The van der Waals surface area contributed by atoms with Gasteiger partial charge in [0.2, 0.25) is 0 Å². The highest BCUT2D eigenvalue weighted by Crippen LogP contribution is 2.47. The summed E-state index contributed by atoms with van der Waals surface area (Å²) in [5.74, 6) is 5.04. The fraction of sp³-hybridized carbons (Fsp3) is 0.500. The first kappa shape index (κ1) is 31.5. The first-order valence-corrected chi connectivity index (χ1v) is 15.5. The van der Waals surface area contributed by atoms with Crippen LogP contribution < -0.4 is 0 Å². The van der Waals surface area contributed by atoms with Gasteiger partial charge in [-0.2, -0.15) is 0 Å². The molecule has 0 radical (unpaired) electrons. The van der Waals surface area contributed by atoms with E-state index in [0.29, 0.717) is 72.1 Å². The van der Waals surface area contributed by atoms with Crippen LogP contribution >= 0.6 is 0 Å². The Morgan fingerprint density at radius 3 is 1.00 bits per heavy atom. The van der Waals surface area contributed by atoms with E-state index < -0.39 is 21.7 Å². The van der Waals surface area contributed by atoms with Crippen LogP contribution in [0.3, 0.4) is 0 Å². The van der Waals surface area contributed by atoms with Gasteiger partial charge in [0.1, 0.15) is 46.1 Å². The molecule has 0 unspecified atom stereocenters. The van der Waals surface area contributed by atoms with Crippen molar-refractivity contribution in [1.82, 2.24) is 0 Å². The average molecular weight is 605 g/mol. The van der Waals surface area contributed by atoms with Gasteiger partial charge in [-0.3, -0.25) is 9.59 Å². The number of esters is 2. The van der Waals surface area contributed by atoms with E-state index in [2.05, 4.69) is 0 Å². The summed E-state index contributed by atoms with van der Waals surface area (Å²) in [4.78, 5) is 24.9. The molecule has 5 rings (SSSR count). The molecule has 0 fully saturated rings. The summed E-state index contributed by atoms with van der Waals surface area (Å²) in [7, 11) is 0. The number of rotatable bonds is 8. The second-order valence-electron chi connectivity index (χ2n) is 13.2. The number of fused-ring (bicyclic) bond motifs is 8. The predicted octanol–water partition coefficient (Wildman–Crippen LogP) is 8.32. The van der Waals surface area contributed by atoms with Crippen LogP contribution in [-0.4, -0.2) is 25.2 Å². The van der Waals surface area contributed by atoms with E-state index >= 15 is 0 Å². The van der Waals surface area contributed by atoms with E-state index in [9.17, 15) is 9.59 Å². The molecule has 236 valence electrons. The summed E-state index contributed by atoms with van der Waals surface area (Å²) in [6.45, 7) is 16.5. The molecule has 0 saturated heterocycles. The van der Waals surface area contributed by atoms with Gasteiger partial charge in [-0.05, 0) is 117 Å². The lowest BCUT2D eigenvalue weighted by molar-refractivity contribution is -0.144. The third kappa shape index (κ3) is 5.44. The molecule has 0 aliphatic carbocycles. The molecule has 5 heterocycles. The number of ether oxygens (including phenoxy) is 2. The molecule has 8 nitrogen and oxygen atoms in total. The van der Waals surface area contributed by atoms with Gasteiger partial charge in [0, 0.05) is 12.8 Å². The Hall–Kier alpha value is -3.94. The highest BCUT2D eigenvalue weighted by molar-refractivity contribution is 5.70. The fourth-order valence-electron chi connectivity index (χ4n) is 6.03. The van der Waals surface area contributed by atoms with Crippen LogP contribution in [0.15, 0.2) is 66.2 Å². The summed E-state index contributed by atoms with van der Waals surface area (Å²) in [6.07, 6.45) is 1.27. The van der Waals surface area contributed by atoms with E-state index in [0.717, 1.165) is 0 Å². The number of carbonyl (C=O) groups excluding carboxylic acids is 2. The van der Waals surface area contributed by atoms with Gasteiger partial charge >= 0.3 is 11.9 Å². The Balaban J connectivity index is 1.67. The minimum absolute atomic E-state index is 0.205. The molecule has 0 N–H and O–H groups in total. The zero-order valence-corrected chi connectivity index (χ0v) is 27.1. The second kappa shape index (κ2) is 11.5. The van der Waals surface area contributed by atoms with Gasteiger partial charge in [-0.15, -0.1) is 0 Å². The Bertz CT molecular complexity index is 1410. The second-order valence-corrected chi connectivity index (χ2v) is 13.2. The first-order chi connectivity index (χ1) is 20.8. The maximum atomic E-state index is 12.5. The first-order valence-electron chi connectivity index (χ1n) is 15.5. The molecular weight excluding hydrogens is 560 g/mol. The molecule has 8 heteroatoms. The van der Waals surface area contributed by atoms with Crippen molar-refractivity contribution in [3.8, 4) is 0 Å². The summed E-state index contributed by atoms with van der Waals surface area (Å²) in [5, 5.41) is 0. The van der Waals surface area contributed by atoms with Gasteiger partial charge in [-0.1, -0.05) is 0 Å². The SMILES string of the molecule is CCOC(=O)CCC1(C)c2ccc(o2)C(C)(C)c2ccc(o2)C(C)(CCC(=O)OCC)c2ccc(o2)C(C)(C)c2ccc1o2. The van der Waals surface area contributed by atoms with Crippen molar-refractivity contribution in [2.75, 3.05) is 13.2 Å². The van der Waals surface area contributed by atoms with Gasteiger partial charge < -0.3 is 27.1 Å². The highest BCUT2D eigenvalue weighted by Gasteiger charge is 2.43. The number of carbonyl (C=O) groups is 2. The Labute approximate surface area is 259 Å². The summed E-state index contributed by atoms with van der Waals surface area (Å²) >= 11 is 0. The molecule has 0 saturated carbocycles. The molecule has 8 bridgehead atoms. The molecule has 44 heavy (non-hydrogen) atoms. The number of furan rings is 4. The van der Waals surface area contributed by atoms with Gasteiger partial charge in [0.15, 0.2) is 0 Å². The van der Waals surface area contributed by atoms with Crippen molar-refractivity contribution < 1.29 is 36.7 Å². The van der Waals surface area contributed by atoms with Crippen LogP contribution in [0.4, 0.5) is 0 Å². The minimum Gasteiger partial charge on any atom is -0.466 e. The minimum atomic E-state index is -0.749. The van der Waals surface area contributed by atoms with Crippen molar-refractivity contribution in [3.05, 3.63) is 94.6 Å². The van der Waals surface area contributed by atoms with E-state index in [1.165, 1.54) is 0 Å². The van der Waals surface area contributed by atoms with Crippen molar-refractivity contribution in [3.63, 3.8) is 0 Å². The third-order valence-electron chi connectivity index (χ3n) is 9.33. The van der Waals surface area contributed by atoms with Crippen molar-refractivity contribution in [2.24, 2.45) is 0 Å². The van der Waals surface area contributed by atoms with Gasteiger partial charge in [0.05, 0.1) is 34.9 Å². The van der Waals surface area contributed by atoms with Crippen LogP contribution in [0.1, 0.15) is 127 Å². The highest BCUT2D eigenvalue weighted by atomic mass is 16.5. The number of hydrogen-bond donors (Lipinski definition) is 0. The van der Waals surface area contributed by atoms with E-state index in [1.807, 2.05) is 90.1 Å². The van der Waals surface area contributed by atoms with E-state index in [1.54, 1.807) is 13.8 Å². The molecule has 4 aromatic rings. The molecule has 0 atom stereocenters. The van der Waals surface area contributed by atoms with Crippen LogP contribution in [0, 0.1) is 0 Å². The maximum Gasteiger partial charge on any atom is 0.305 e. The number of hydrogen-bond acceptors (Lipinski definition) is 8. The van der Waals surface area contributed by atoms with Crippen LogP contribution in [0.25, 0.3) is 0 Å². The quantitative estimate of drug-likeness (QED) is 0.185. The normalized spacial score (nSPS) is 22.0. The average Bonchev–Trinajstić information content (AvgIpc) is 3.81. The van der Waals surface area contributed by atoms with Crippen molar-refractivity contribution in [2.45, 2.75) is 103 Å². The molecule has 1 aliphatic rings. The lowest BCUT2D eigenvalue weighted by atomic mass is 9.80.